The fraction of sp³-hybridized carbons (Fsp3) is 0.929. The van der Waals surface area contributed by atoms with E-state index in [4.69, 9.17) is 0 Å². The predicted octanol–water partition coefficient (Wildman–Crippen LogP) is 3.32. The molecule has 3 heteroatoms. The number of carbonyl (C=O) groups excluding carboxylic acids is 1. The van der Waals surface area contributed by atoms with Gasteiger partial charge in [0.15, 0.2) is 0 Å². The molecule has 0 aromatic carbocycles. The number of carbonyl (C=O) groups is 1. The van der Waals surface area contributed by atoms with Gasteiger partial charge in [0.05, 0.1) is 0 Å². The summed E-state index contributed by atoms with van der Waals surface area (Å²) < 4.78 is 0. The van der Waals surface area contributed by atoms with Gasteiger partial charge in [-0.25, -0.2) is 0 Å². The highest BCUT2D eigenvalue weighted by Crippen LogP contribution is 2.42. The van der Waals surface area contributed by atoms with E-state index in [2.05, 4.69) is 32.3 Å². The van der Waals surface area contributed by atoms with E-state index in [0.29, 0.717) is 11.3 Å². The van der Waals surface area contributed by atoms with Crippen molar-refractivity contribution in [1.29, 1.82) is 0 Å². The number of nitrogens with one attached hydrogen (secondary N) is 1. The fourth-order valence-corrected chi connectivity index (χ4v) is 3.63. The molecule has 1 aliphatic carbocycles. The molecule has 1 aliphatic rings. The fourth-order valence-electron chi connectivity index (χ4n) is 3.33. The van der Waals surface area contributed by atoms with Crippen LogP contribution in [0.2, 0.25) is 0 Å². The zero-order valence-electron chi connectivity index (χ0n) is 11.7. The van der Waals surface area contributed by atoms with E-state index in [9.17, 15) is 4.79 Å². The number of amides is 1. The Morgan fingerprint density at radius 1 is 1.41 bits per heavy atom. The molecule has 0 unspecified atom stereocenters. The highest BCUT2D eigenvalue weighted by Gasteiger charge is 2.32. The summed E-state index contributed by atoms with van der Waals surface area (Å²) in [6.45, 7) is 7.80. The summed E-state index contributed by atoms with van der Waals surface area (Å²) in [4.78, 5) is 11.8. The summed E-state index contributed by atoms with van der Waals surface area (Å²) in [5.74, 6) is 2.61. The third-order valence-corrected chi connectivity index (χ3v) is 4.19. The maximum atomic E-state index is 11.8. The lowest BCUT2D eigenvalue weighted by molar-refractivity contribution is -0.122. The number of thioether (sulfide) groups is 1. The summed E-state index contributed by atoms with van der Waals surface area (Å²) in [7, 11) is 0. The van der Waals surface area contributed by atoms with Gasteiger partial charge < -0.3 is 5.32 Å². The highest BCUT2D eigenvalue weighted by molar-refractivity contribution is 7.98. The second-order valence-corrected chi connectivity index (χ2v) is 7.31. The van der Waals surface area contributed by atoms with Crippen molar-refractivity contribution >= 4 is 17.7 Å². The lowest BCUT2D eigenvalue weighted by Gasteiger charge is -2.38. The Bertz CT molecular complexity index is 253. The van der Waals surface area contributed by atoms with Crippen LogP contribution in [-0.4, -0.2) is 24.5 Å². The Labute approximate surface area is 110 Å². The molecule has 0 saturated heterocycles. The predicted molar refractivity (Wildman–Crippen MR) is 76.3 cm³/mol. The van der Waals surface area contributed by atoms with Crippen LogP contribution in [0, 0.1) is 17.3 Å². The van der Waals surface area contributed by atoms with Crippen molar-refractivity contribution in [2.24, 2.45) is 17.3 Å². The molecule has 0 heterocycles. The van der Waals surface area contributed by atoms with Gasteiger partial charge in [-0.15, -0.1) is 0 Å². The average Bonchev–Trinajstić information content (AvgIpc) is 2.14. The van der Waals surface area contributed by atoms with E-state index in [1.165, 1.54) is 19.3 Å². The van der Waals surface area contributed by atoms with Crippen LogP contribution in [0.25, 0.3) is 0 Å². The normalized spacial score (nSPS) is 27.8. The van der Waals surface area contributed by atoms with Gasteiger partial charge >= 0.3 is 0 Å². The maximum Gasteiger partial charge on any atom is 0.220 e. The van der Waals surface area contributed by atoms with Gasteiger partial charge in [0.1, 0.15) is 0 Å². The largest absolute Gasteiger partial charge is 0.355 e. The van der Waals surface area contributed by atoms with E-state index in [0.717, 1.165) is 24.6 Å². The van der Waals surface area contributed by atoms with Crippen LogP contribution in [0.4, 0.5) is 0 Å². The smallest absolute Gasteiger partial charge is 0.220 e. The molecule has 0 spiro atoms. The van der Waals surface area contributed by atoms with Crippen LogP contribution < -0.4 is 5.32 Å². The molecule has 0 aromatic heterocycles. The topological polar surface area (TPSA) is 29.1 Å². The van der Waals surface area contributed by atoms with Crippen LogP contribution in [-0.2, 0) is 4.79 Å². The minimum absolute atomic E-state index is 0.244. The van der Waals surface area contributed by atoms with Gasteiger partial charge in [-0.2, -0.15) is 11.8 Å². The second kappa shape index (κ2) is 6.67. The van der Waals surface area contributed by atoms with Crippen molar-refractivity contribution < 1.29 is 4.79 Å². The van der Waals surface area contributed by atoms with Crippen molar-refractivity contribution in [1.82, 2.24) is 5.32 Å². The Balaban J connectivity index is 2.32. The SMILES string of the molecule is CSCCNC(=O)C[C@H]1C[C@@H](C)CC(C)(C)C1. The molecule has 0 aromatic rings. The molecule has 0 aliphatic heterocycles. The van der Waals surface area contributed by atoms with Crippen molar-refractivity contribution in [2.45, 2.75) is 46.5 Å². The average molecular weight is 257 g/mol. The second-order valence-electron chi connectivity index (χ2n) is 6.33. The van der Waals surface area contributed by atoms with Crippen LogP contribution >= 0.6 is 11.8 Å². The van der Waals surface area contributed by atoms with Crippen LogP contribution in [0.3, 0.4) is 0 Å². The van der Waals surface area contributed by atoms with E-state index in [-0.39, 0.29) is 5.91 Å². The van der Waals surface area contributed by atoms with Crippen molar-refractivity contribution in [3.63, 3.8) is 0 Å². The first-order chi connectivity index (χ1) is 7.93. The first-order valence-corrected chi connectivity index (χ1v) is 8.08. The highest BCUT2D eigenvalue weighted by atomic mass is 32.2. The third-order valence-electron chi connectivity index (χ3n) is 3.58. The Morgan fingerprint density at radius 3 is 2.71 bits per heavy atom. The Morgan fingerprint density at radius 2 is 2.12 bits per heavy atom. The molecule has 1 rings (SSSR count). The number of hydrogen-bond acceptors (Lipinski definition) is 2. The first-order valence-electron chi connectivity index (χ1n) is 6.68. The summed E-state index contributed by atoms with van der Waals surface area (Å²) in [6, 6.07) is 0. The van der Waals surface area contributed by atoms with Crippen LogP contribution in [0.5, 0.6) is 0 Å². The van der Waals surface area contributed by atoms with Gasteiger partial charge in [-0.3, -0.25) is 4.79 Å². The minimum Gasteiger partial charge on any atom is -0.355 e. The Hall–Kier alpha value is -0.180. The van der Waals surface area contributed by atoms with E-state index in [1.54, 1.807) is 11.8 Å². The first kappa shape index (κ1) is 14.9. The molecule has 1 saturated carbocycles. The molecule has 0 bridgehead atoms. The maximum absolute atomic E-state index is 11.8. The minimum atomic E-state index is 0.244. The van der Waals surface area contributed by atoms with Crippen LogP contribution in [0.15, 0.2) is 0 Å². The van der Waals surface area contributed by atoms with E-state index in [1.807, 2.05) is 0 Å². The zero-order valence-corrected chi connectivity index (χ0v) is 12.5. The monoisotopic (exact) mass is 257 g/mol. The summed E-state index contributed by atoms with van der Waals surface area (Å²) >= 11 is 1.78. The lowest BCUT2D eigenvalue weighted by Crippen LogP contribution is -2.33. The third kappa shape index (κ3) is 5.80. The molecular weight excluding hydrogens is 230 g/mol. The summed E-state index contributed by atoms with van der Waals surface area (Å²) in [6.07, 6.45) is 6.52. The molecule has 1 fully saturated rings. The molecule has 2 nitrogen and oxygen atoms in total. The van der Waals surface area contributed by atoms with Gasteiger partial charge in [0.25, 0.3) is 0 Å². The van der Waals surface area contributed by atoms with Crippen molar-refractivity contribution in [2.75, 3.05) is 18.6 Å². The molecular formula is C14H27NOS. The van der Waals surface area contributed by atoms with Crippen molar-refractivity contribution in [3.8, 4) is 0 Å². The van der Waals surface area contributed by atoms with Gasteiger partial charge in [-0.05, 0) is 42.8 Å². The number of hydrogen-bond donors (Lipinski definition) is 1. The lowest BCUT2D eigenvalue weighted by atomic mass is 9.67. The molecule has 1 amide bonds. The summed E-state index contributed by atoms with van der Waals surface area (Å²) in [5, 5.41) is 3.01. The van der Waals surface area contributed by atoms with Crippen LogP contribution in [0.1, 0.15) is 46.5 Å². The van der Waals surface area contributed by atoms with Gasteiger partial charge in [0, 0.05) is 18.7 Å². The quantitative estimate of drug-likeness (QED) is 0.766. The Kier molecular flexibility index (Phi) is 5.84. The summed E-state index contributed by atoms with van der Waals surface area (Å²) in [5.41, 5.74) is 0.419. The van der Waals surface area contributed by atoms with Gasteiger partial charge in [-0.1, -0.05) is 20.8 Å². The van der Waals surface area contributed by atoms with E-state index >= 15 is 0 Å². The molecule has 0 radical (unpaired) electrons. The molecule has 1 N–H and O–H groups in total. The molecule has 17 heavy (non-hydrogen) atoms. The molecule has 2 atom stereocenters. The van der Waals surface area contributed by atoms with E-state index < -0.39 is 0 Å². The number of rotatable bonds is 5. The van der Waals surface area contributed by atoms with Gasteiger partial charge in [0.2, 0.25) is 5.91 Å². The standard InChI is InChI=1S/C14H27NOS/c1-11-7-12(10-14(2,3)9-11)8-13(16)15-5-6-17-4/h11-12H,5-10H2,1-4H3,(H,15,16)/t11-,12-/m1/s1. The van der Waals surface area contributed by atoms with Crippen molar-refractivity contribution in [3.05, 3.63) is 0 Å². The molecule has 100 valence electrons. The zero-order chi connectivity index (χ0) is 12.9.